The minimum atomic E-state index is 0.0269. The first-order chi connectivity index (χ1) is 11.2. The van der Waals surface area contributed by atoms with Crippen molar-refractivity contribution in [3.8, 4) is 5.75 Å². The zero-order chi connectivity index (χ0) is 16.1. The lowest BCUT2D eigenvalue weighted by atomic mass is 10.1. The first-order valence-electron chi connectivity index (χ1n) is 7.30. The molecule has 3 rings (SSSR count). The molecule has 23 heavy (non-hydrogen) atoms. The number of hydrogen-bond acceptors (Lipinski definition) is 5. The summed E-state index contributed by atoms with van der Waals surface area (Å²) in [5, 5.41) is 3.95. The number of carbonyl (C=O) groups excluding carboxylic acids is 1. The van der Waals surface area contributed by atoms with Gasteiger partial charge in [0.15, 0.2) is 18.2 Å². The van der Waals surface area contributed by atoms with Crippen LogP contribution < -0.4 is 4.74 Å². The van der Waals surface area contributed by atoms with E-state index in [1.54, 1.807) is 24.3 Å². The number of nitrogens with zero attached hydrogens (tertiary/aromatic N) is 2. The third-order valence-electron chi connectivity index (χ3n) is 3.34. The van der Waals surface area contributed by atoms with E-state index in [2.05, 4.69) is 10.1 Å². The summed E-state index contributed by atoms with van der Waals surface area (Å²) in [6.07, 6.45) is 0.623. The number of benzene rings is 2. The molecule has 0 radical (unpaired) electrons. The molecule has 5 nitrogen and oxygen atoms in total. The summed E-state index contributed by atoms with van der Waals surface area (Å²) in [4.78, 5) is 15.5. The lowest BCUT2D eigenvalue weighted by Crippen LogP contribution is -1.97. The van der Waals surface area contributed by atoms with Gasteiger partial charge in [-0.25, -0.2) is 0 Å². The number of carbonyl (C=O) groups is 1. The lowest BCUT2D eigenvalue weighted by molar-refractivity contribution is 0.101. The molecule has 0 fully saturated rings. The fourth-order valence-electron chi connectivity index (χ4n) is 2.13. The van der Waals surface area contributed by atoms with Crippen molar-refractivity contribution in [2.24, 2.45) is 0 Å². The van der Waals surface area contributed by atoms with E-state index in [1.165, 1.54) is 6.92 Å². The van der Waals surface area contributed by atoms with Crippen LogP contribution in [-0.2, 0) is 13.0 Å². The highest BCUT2D eigenvalue weighted by atomic mass is 16.5. The zero-order valence-electron chi connectivity index (χ0n) is 12.7. The second-order valence-electron chi connectivity index (χ2n) is 5.14. The van der Waals surface area contributed by atoms with Gasteiger partial charge in [-0.2, -0.15) is 4.98 Å². The average Bonchev–Trinajstić information content (AvgIpc) is 3.02. The van der Waals surface area contributed by atoms with Crippen LogP contribution in [0.3, 0.4) is 0 Å². The van der Waals surface area contributed by atoms with Crippen LogP contribution in [0.2, 0.25) is 0 Å². The third kappa shape index (κ3) is 4.03. The highest BCUT2D eigenvalue weighted by molar-refractivity contribution is 5.94. The van der Waals surface area contributed by atoms with Crippen LogP contribution in [0.4, 0.5) is 0 Å². The highest BCUT2D eigenvalue weighted by Gasteiger charge is 2.08. The molecule has 0 N–H and O–H groups in total. The van der Waals surface area contributed by atoms with Gasteiger partial charge in [-0.1, -0.05) is 35.5 Å². The first kappa shape index (κ1) is 15.0. The Balaban J connectivity index is 1.57. The van der Waals surface area contributed by atoms with Gasteiger partial charge in [-0.3, -0.25) is 4.79 Å². The van der Waals surface area contributed by atoms with E-state index in [0.29, 0.717) is 29.4 Å². The molecular formula is C18H16N2O3. The maximum Gasteiger partial charge on any atom is 0.264 e. The number of ketones is 1. The first-order valence-corrected chi connectivity index (χ1v) is 7.30. The molecule has 5 heteroatoms. The predicted octanol–water partition coefficient (Wildman–Crippen LogP) is 3.44. The highest BCUT2D eigenvalue weighted by Crippen LogP contribution is 2.14. The Morgan fingerprint density at radius 3 is 2.52 bits per heavy atom. The molecule has 1 aromatic heterocycles. The lowest BCUT2D eigenvalue weighted by Gasteiger charge is -2.03. The van der Waals surface area contributed by atoms with Gasteiger partial charge in [0.25, 0.3) is 5.89 Å². The van der Waals surface area contributed by atoms with E-state index >= 15 is 0 Å². The molecule has 116 valence electrons. The summed E-state index contributed by atoms with van der Waals surface area (Å²) in [5.74, 6) is 1.73. The molecule has 2 aromatic carbocycles. The van der Waals surface area contributed by atoms with Crippen molar-refractivity contribution in [2.45, 2.75) is 20.0 Å². The zero-order valence-corrected chi connectivity index (χ0v) is 12.7. The summed E-state index contributed by atoms with van der Waals surface area (Å²) in [6.45, 7) is 1.73. The van der Waals surface area contributed by atoms with E-state index in [4.69, 9.17) is 9.26 Å². The minimum absolute atomic E-state index is 0.0269. The van der Waals surface area contributed by atoms with Gasteiger partial charge in [0.2, 0.25) is 0 Å². The molecule has 0 spiro atoms. The summed E-state index contributed by atoms with van der Waals surface area (Å²) < 4.78 is 10.8. The number of aromatic nitrogens is 2. The number of ether oxygens (including phenoxy) is 1. The summed E-state index contributed by atoms with van der Waals surface area (Å²) >= 11 is 0. The molecule has 0 bridgehead atoms. The standard InChI is InChI=1S/C18H16N2O3/c1-13(21)15-7-9-16(10-8-15)22-12-18-19-17(20-23-18)11-14-5-3-2-4-6-14/h2-10H,11-12H2,1H3. The van der Waals surface area contributed by atoms with Gasteiger partial charge < -0.3 is 9.26 Å². The second kappa shape index (κ2) is 6.87. The van der Waals surface area contributed by atoms with Crippen LogP contribution >= 0.6 is 0 Å². The molecule has 0 saturated heterocycles. The van der Waals surface area contributed by atoms with Crippen LogP contribution in [0, 0.1) is 0 Å². The van der Waals surface area contributed by atoms with Gasteiger partial charge >= 0.3 is 0 Å². The number of Topliss-reactive ketones (excluding diaryl/α,β-unsaturated/α-hetero) is 1. The van der Waals surface area contributed by atoms with Gasteiger partial charge in [0.1, 0.15) is 5.75 Å². The Labute approximate surface area is 133 Å². The van der Waals surface area contributed by atoms with Crippen molar-refractivity contribution < 1.29 is 14.1 Å². The fourth-order valence-corrected chi connectivity index (χ4v) is 2.13. The van der Waals surface area contributed by atoms with Crippen molar-refractivity contribution in [2.75, 3.05) is 0 Å². The average molecular weight is 308 g/mol. The summed E-state index contributed by atoms with van der Waals surface area (Å²) in [7, 11) is 0. The van der Waals surface area contributed by atoms with Gasteiger partial charge in [-0.15, -0.1) is 0 Å². The van der Waals surface area contributed by atoms with Crippen molar-refractivity contribution in [3.63, 3.8) is 0 Å². The van der Waals surface area contributed by atoms with Crippen LogP contribution in [0.5, 0.6) is 5.75 Å². The third-order valence-corrected chi connectivity index (χ3v) is 3.34. The molecular weight excluding hydrogens is 292 g/mol. The van der Waals surface area contributed by atoms with E-state index in [-0.39, 0.29) is 12.4 Å². The van der Waals surface area contributed by atoms with Gasteiger partial charge in [-0.05, 0) is 36.8 Å². The largest absolute Gasteiger partial charge is 0.484 e. The number of rotatable bonds is 6. The fraction of sp³-hybridized carbons (Fsp3) is 0.167. The second-order valence-corrected chi connectivity index (χ2v) is 5.14. The molecule has 1 heterocycles. The summed E-state index contributed by atoms with van der Waals surface area (Å²) in [6, 6.07) is 16.9. The van der Waals surface area contributed by atoms with Crippen molar-refractivity contribution >= 4 is 5.78 Å². The smallest absolute Gasteiger partial charge is 0.264 e. The molecule has 0 aliphatic carbocycles. The maximum absolute atomic E-state index is 11.2. The normalized spacial score (nSPS) is 10.5. The van der Waals surface area contributed by atoms with E-state index in [9.17, 15) is 4.79 Å². The topological polar surface area (TPSA) is 65.2 Å². The minimum Gasteiger partial charge on any atom is -0.484 e. The Hall–Kier alpha value is -2.95. The number of hydrogen-bond donors (Lipinski definition) is 0. The van der Waals surface area contributed by atoms with Gasteiger partial charge in [0.05, 0.1) is 0 Å². The Bertz CT molecular complexity index is 780. The van der Waals surface area contributed by atoms with Crippen LogP contribution in [0.15, 0.2) is 59.1 Å². The summed E-state index contributed by atoms with van der Waals surface area (Å²) in [5.41, 5.74) is 1.78. The monoisotopic (exact) mass is 308 g/mol. The molecule has 0 aliphatic rings. The molecule has 0 aliphatic heterocycles. The van der Waals surface area contributed by atoms with Crippen LogP contribution in [0.1, 0.15) is 34.6 Å². The van der Waals surface area contributed by atoms with Crippen LogP contribution in [0.25, 0.3) is 0 Å². The Morgan fingerprint density at radius 1 is 1.09 bits per heavy atom. The quantitative estimate of drug-likeness (QED) is 0.653. The van der Waals surface area contributed by atoms with E-state index < -0.39 is 0 Å². The molecule has 0 saturated carbocycles. The van der Waals surface area contributed by atoms with Crippen LogP contribution in [-0.4, -0.2) is 15.9 Å². The molecule has 0 unspecified atom stereocenters. The van der Waals surface area contributed by atoms with E-state index in [0.717, 1.165) is 5.56 Å². The SMILES string of the molecule is CC(=O)c1ccc(OCc2nc(Cc3ccccc3)no2)cc1. The molecule has 0 amide bonds. The maximum atomic E-state index is 11.2. The molecule has 0 atom stereocenters. The van der Waals surface area contributed by atoms with Gasteiger partial charge in [0, 0.05) is 12.0 Å². The Morgan fingerprint density at radius 2 is 1.83 bits per heavy atom. The van der Waals surface area contributed by atoms with Crippen molar-refractivity contribution in [3.05, 3.63) is 77.4 Å². The predicted molar refractivity (Wildman–Crippen MR) is 84.3 cm³/mol. The molecule has 3 aromatic rings. The van der Waals surface area contributed by atoms with Crippen molar-refractivity contribution in [1.29, 1.82) is 0 Å². The van der Waals surface area contributed by atoms with Crippen molar-refractivity contribution in [1.82, 2.24) is 10.1 Å². The Kier molecular flexibility index (Phi) is 4.47. The van der Waals surface area contributed by atoms with E-state index in [1.807, 2.05) is 30.3 Å².